The molecule has 1 saturated carbocycles. The highest BCUT2D eigenvalue weighted by Crippen LogP contribution is 2.17. The number of nitrogens with one attached hydrogen (secondary N) is 1. The SMILES string of the molecule is CC(C)CNC1CCCC1. The smallest absolute Gasteiger partial charge is 0.00671 e. The van der Waals surface area contributed by atoms with Crippen molar-refractivity contribution in [2.45, 2.75) is 45.6 Å². The van der Waals surface area contributed by atoms with E-state index < -0.39 is 0 Å². The molecule has 0 aromatic carbocycles. The average molecular weight is 141 g/mol. The lowest BCUT2D eigenvalue weighted by molar-refractivity contribution is 0.469. The number of hydrogen-bond donors (Lipinski definition) is 1. The molecule has 0 aliphatic heterocycles. The van der Waals surface area contributed by atoms with E-state index in [1.165, 1.54) is 32.2 Å². The maximum Gasteiger partial charge on any atom is 0.00671 e. The topological polar surface area (TPSA) is 12.0 Å². The summed E-state index contributed by atoms with van der Waals surface area (Å²) >= 11 is 0. The predicted molar refractivity (Wildman–Crippen MR) is 45.1 cm³/mol. The molecule has 1 rings (SSSR count). The molecule has 1 heteroatoms. The van der Waals surface area contributed by atoms with Gasteiger partial charge in [-0.1, -0.05) is 26.7 Å². The minimum Gasteiger partial charge on any atom is -0.314 e. The van der Waals surface area contributed by atoms with E-state index in [2.05, 4.69) is 19.2 Å². The van der Waals surface area contributed by atoms with Crippen molar-refractivity contribution in [3.05, 3.63) is 0 Å². The summed E-state index contributed by atoms with van der Waals surface area (Å²) in [5, 5.41) is 3.58. The Labute approximate surface area is 64.2 Å². The summed E-state index contributed by atoms with van der Waals surface area (Å²) in [5.74, 6) is 0.806. The summed E-state index contributed by atoms with van der Waals surface area (Å²) < 4.78 is 0. The molecule has 0 heterocycles. The lowest BCUT2D eigenvalue weighted by atomic mass is 10.2. The minimum absolute atomic E-state index is 0.806. The van der Waals surface area contributed by atoms with Crippen LogP contribution in [0.1, 0.15) is 39.5 Å². The van der Waals surface area contributed by atoms with Gasteiger partial charge >= 0.3 is 0 Å². The molecule has 0 amide bonds. The Morgan fingerprint density at radius 1 is 1.30 bits per heavy atom. The van der Waals surface area contributed by atoms with E-state index in [1.54, 1.807) is 0 Å². The molecule has 1 aliphatic rings. The van der Waals surface area contributed by atoms with Crippen LogP contribution in [0, 0.1) is 5.92 Å². The van der Waals surface area contributed by atoms with E-state index in [4.69, 9.17) is 0 Å². The Morgan fingerprint density at radius 3 is 2.40 bits per heavy atom. The largest absolute Gasteiger partial charge is 0.314 e. The monoisotopic (exact) mass is 141 g/mol. The summed E-state index contributed by atoms with van der Waals surface area (Å²) in [5.41, 5.74) is 0. The van der Waals surface area contributed by atoms with Crippen molar-refractivity contribution in [2.75, 3.05) is 6.54 Å². The fourth-order valence-electron chi connectivity index (χ4n) is 1.53. The predicted octanol–water partition coefficient (Wildman–Crippen LogP) is 2.17. The van der Waals surface area contributed by atoms with Gasteiger partial charge in [-0.15, -0.1) is 0 Å². The molecule has 0 aromatic rings. The molecule has 0 unspecified atom stereocenters. The van der Waals surface area contributed by atoms with Gasteiger partial charge in [0.1, 0.15) is 0 Å². The van der Waals surface area contributed by atoms with Crippen LogP contribution in [0.5, 0.6) is 0 Å². The molecule has 0 spiro atoms. The molecule has 60 valence electrons. The van der Waals surface area contributed by atoms with Crippen LogP contribution < -0.4 is 5.32 Å². The van der Waals surface area contributed by atoms with Gasteiger partial charge in [0.25, 0.3) is 0 Å². The summed E-state index contributed by atoms with van der Waals surface area (Å²) in [4.78, 5) is 0. The Hall–Kier alpha value is -0.0400. The van der Waals surface area contributed by atoms with Crippen LogP contribution in [-0.2, 0) is 0 Å². The fourth-order valence-corrected chi connectivity index (χ4v) is 1.53. The van der Waals surface area contributed by atoms with E-state index in [-0.39, 0.29) is 0 Å². The lowest BCUT2D eigenvalue weighted by Gasteiger charge is -2.13. The normalized spacial score (nSPS) is 20.7. The van der Waals surface area contributed by atoms with Crippen LogP contribution in [0.4, 0.5) is 0 Å². The van der Waals surface area contributed by atoms with Crippen LogP contribution in [0.2, 0.25) is 0 Å². The molecule has 0 radical (unpaired) electrons. The van der Waals surface area contributed by atoms with Gasteiger partial charge in [0, 0.05) is 6.04 Å². The highest BCUT2D eigenvalue weighted by molar-refractivity contribution is 4.73. The summed E-state index contributed by atoms with van der Waals surface area (Å²) in [7, 11) is 0. The molecule has 0 saturated heterocycles. The molecule has 1 N–H and O–H groups in total. The quantitative estimate of drug-likeness (QED) is 0.635. The van der Waals surface area contributed by atoms with Gasteiger partial charge in [-0.25, -0.2) is 0 Å². The zero-order valence-corrected chi connectivity index (χ0v) is 7.19. The summed E-state index contributed by atoms with van der Waals surface area (Å²) in [6.07, 6.45) is 5.70. The van der Waals surface area contributed by atoms with Gasteiger partial charge in [-0.3, -0.25) is 0 Å². The Balaban J connectivity index is 2.01. The molecule has 0 bridgehead atoms. The third-order valence-electron chi connectivity index (χ3n) is 2.17. The fraction of sp³-hybridized carbons (Fsp3) is 1.00. The van der Waals surface area contributed by atoms with Gasteiger partial charge in [0.2, 0.25) is 0 Å². The average Bonchev–Trinajstić information content (AvgIpc) is 2.34. The highest BCUT2D eigenvalue weighted by atomic mass is 14.9. The molecule has 1 fully saturated rings. The lowest BCUT2D eigenvalue weighted by Crippen LogP contribution is -2.29. The maximum atomic E-state index is 3.58. The second-order valence-electron chi connectivity index (χ2n) is 3.78. The van der Waals surface area contributed by atoms with Crippen molar-refractivity contribution < 1.29 is 0 Å². The standard InChI is InChI=1S/C9H19N/c1-8(2)7-10-9-5-3-4-6-9/h8-10H,3-7H2,1-2H3. The van der Waals surface area contributed by atoms with E-state index in [1.807, 2.05) is 0 Å². The van der Waals surface area contributed by atoms with Crippen molar-refractivity contribution in [2.24, 2.45) is 5.92 Å². The first-order chi connectivity index (χ1) is 4.79. The zero-order valence-electron chi connectivity index (χ0n) is 7.19. The van der Waals surface area contributed by atoms with Crippen LogP contribution in [0.15, 0.2) is 0 Å². The highest BCUT2D eigenvalue weighted by Gasteiger charge is 2.13. The Morgan fingerprint density at radius 2 is 1.90 bits per heavy atom. The van der Waals surface area contributed by atoms with Crippen LogP contribution in [0.25, 0.3) is 0 Å². The van der Waals surface area contributed by atoms with E-state index in [9.17, 15) is 0 Å². The summed E-state index contributed by atoms with van der Waals surface area (Å²) in [6.45, 7) is 5.73. The maximum absolute atomic E-state index is 3.58. The van der Waals surface area contributed by atoms with Crippen molar-refractivity contribution in [1.29, 1.82) is 0 Å². The van der Waals surface area contributed by atoms with Gasteiger partial charge < -0.3 is 5.32 Å². The molecule has 1 nitrogen and oxygen atoms in total. The molecular formula is C9H19N. The van der Waals surface area contributed by atoms with Gasteiger partial charge in [-0.05, 0) is 25.3 Å². The van der Waals surface area contributed by atoms with E-state index in [0.717, 1.165) is 12.0 Å². The second kappa shape index (κ2) is 3.97. The first-order valence-electron chi connectivity index (χ1n) is 4.52. The molecule has 1 aliphatic carbocycles. The van der Waals surface area contributed by atoms with Crippen LogP contribution in [-0.4, -0.2) is 12.6 Å². The molecular weight excluding hydrogens is 122 g/mol. The zero-order chi connectivity index (χ0) is 7.40. The second-order valence-corrected chi connectivity index (χ2v) is 3.78. The van der Waals surface area contributed by atoms with Crippen LogP contribution >= 0.6 is 0 Å². The van der Waals surface area contributed by atoms with Crippen LogP contribution in [0.3, 0.4) is 0 Å². The number of rotatable bonds is 3. The van der Waals surface area contributed by atoms with Crippen molar-refractivity contribution in [3.63, 3.8) is 0 Å². The van der Waals surface area contributed by atoms with Gasteiger partial charge in [0.05, 0.1) is 0 Å². The molecule has 0 atom stereocenters. The molecule has 0 aromatic heterocycles. The van der Waals surface area contributed by atoms with E-state index in [0.29, 0.717) is 0 Å². The number of hydrogen-bond acceptors (Lipinski definition) is 1. The van der Waals surface area contributed by atoms with E-state index >= 15 is 0 Å². The van der Waals surface area contributed by atoms with Crippen molar-refractivity contribution >= 4 is 0 Å². The molecule has 10 heavy (non-hydrogen) atoms. The Bertz CT molecular complexity index is 82.7. The third-order valence-corrected chi connectivity index (χ3v) is 2.17. The summed E-state index contributed by atoms with van der Waals surface area (Å²) in [6, 6.07) is 0.849. The van der Waals surface area contributed by atoms with Crippen molar-refractivity contribution in [1.82, 2.24) is 5.32 Å². The first-order valence-corrected chi connectivity index (χ1v) is 4.52. The minimum atomic E-state index is 0.806. The van der Waals surface area contributed by atoms with Crippen molar-refractivity contribution in [3.8, 4) is 0 Å². The van der Waals surface area contributed by atoms with Gasteiger partial charge in [0.15, 0.2) is 0 Å². The van der Waals surface area contributed by atoms with Gasteiger partial charge in [-0.2, -0.15) is 0 Å². The Kier molecular flexibility index (Phi) is 3.20. The first kappa shape index (κ1) is 8.06. The third kappa shape index (κ3) is 2.70.